The Hall–Kier alpha value is -3.48. The van der Waals surface area contributed by atoms with Crippen LogP contribution in [0.4, 0.5) is 5.69 Å². The third kappa shape index (κ3) is 5.19. The van der Waals surface area contributed by atoms with Crippen LogP contribution >= 0.6 is 23.8 Å². The Bertz CT molecular complexity index is 1290. The van der Waals surface area contributed by atoms with Gasteiger partial charge in [-0.15, -0.1) is 0 Å². The van der Waals surface area contributed by atoms with Crippen LogP contribution in [0.2, 0.25) is 5.02 Å². The van der Waals surface area contributed by atoms with Crippen molar-refractivity contribution in [1.82, 2.24) is 5.32 Å². The molecule has 0 aliphatic carbocycles. The minimum atomic E-state index is -0.552. The van der Waals surface area contributed by atoms with E-state index in [0.29, 0.717) is 27.8 Å². The quantitative estimate of drug-likeness (QED) is 0.266. The van der Waals surface area contributed by atoms with Crippen molar-refractivity contribution in [3.8, 4) is 11.5 Å². The molecular formula is C27H23ClN2O3S. The molecule has 0 saturated carbocycles. The summed E-state index contributed by atoms with van der Waals surface area (Å²) in [4.78, 5) is 27.0. The first-order chi connectivity index (χ1) is 16.1. The fourth-order valence-electron chi connectivity index (χ4n) is 3.48. The van der Waals surface area contributed by atoms with Gasteiger partial charge in [0.2, 0.25) is 0 Å². The van der Waals surface area contributed by atoms with Gasteiger partial charge in [0, 0.05) is 5.02 Å². The second-order valence-corrected chi connectivity index (χ2v) is 9.71. The first-order valence-electron chi connectivity index (χ1n) is 10.7. The maximum atomic E-state index is 13.2. The zero-order valence-corrected chi connectivity index (χ0v) is 20.5. The highest BCUT2D eigenvalue weighted by Gasteiger charge is 2.34. The van der Waals surface area contributed by atoms with Crippen molar-refractivity contribution in [2.24, 2.45) is 0 Å². The Morgan fingerprint density at radius 3 is 2.26 bits per heavy atom. The summed E-state index contributed by atoms with van der Waals surface area (Å²) in [5.74, 6) is 0.222. The van der Waals surface area contributed by atoms with Crippen LogP contribution in [0, 0.1) is 0 Å². The van der Waals surface area contributed by atoms with Crippen LogP contribution in [-0.2, 0) is 15.0 Å². The van der Waals surface area contributed by atoms with Crippen molar-refractivity contribution < 1.29 is 14.3 Å². The van der Waals surface area contributed by atoms with E-state index in [-0.39, 0.29) is 16.1 Å². The summed E-state index contributed by atoms with van der Waals surface area (Å²) in [5, 5.41) is 3.13. The second-order valence-electron chi connectivity index (χ2n) is 8.88. The maximum Gasteiger partial charge on any atom is 0.270 e. The van der Waals surface area contributed by atoms with Crippen molar-refractivity contribution in [2.45, 2.75) is 26.2 Å². The number of carbonyl (C=O) groups is 2. The number of carbonyl (C=O) groups excluding carboxylic acids is 2. The molecule has 1 heterocycles. The van der Waals surface area contributed by atoms with E-state index in [0.717, 1.165) is 0 Å². The molecule has 1 aliphatic rings. The number of rotatable bonds is 4. The van der Waals surface area contributed by atoms with Gasteiger partial charge in [0.15, 0.2) is 5.11 Å². The number of amides is 2. The molecule has 0 unspecified atom stereocenters. The minimum absolute atomic E-state index is 0.0188. The summed E-state index contributed by atoms with van der Waals surface area (Å²) in [7, 11) is 0. The first-order valence-corrected chi connectivity index (χ1v) is 11.5. The van der Waals surface area contributed by atoms with Crippen LogP contribution in [-0.4, -0.2) is 16.9 Å². The zero-order chi connectivity index (χ0) is 24.5. The number of anilines is 1. The third-order valence-corrected chi connectivity index (χ3v) is 5.85. The SMILES string of the molecule is CC(C)(C)c1ccc(Oc2cccc(C=C3C(=O)NC(=S)N(c4ccc(Cl)cc4)C3=O)c2)cc1. The Balaban J connectivity index is 1.59. The van der Waals surface area contributed by atoms with Crippen LogP contribution in [0.5, 0.6) is 11.5 Å². The summed E-state index contributed by atoms with van der Waals surface area (Å²) in [6.07, 6.45) is 1.53. The molecule has 2 amide bonds. The summed E-state index contributed by atoms with van der Waals surface area (Å²) in [6, 6.07) is 21.8. The number of benzene rings is 3. The summed E-state index contributed by atoms with van der Waals surface area (Å²) in [5.41, 5.74) is 2.39. The molecule has 0 atom stereocenters. The third-order valence-electron chi connectivity index (χ3n) is 5.31. The van der Waals surface area contributed by atoms with E-state index in [1.807, 2.05) is 30.3 Å². The molecule has 7 heteroatoms. The molecule has 0 spiro atoms. The summed E-state index contributed by atoms with van der Waals surface area (Å²) < 4.78 is 5.99. The zero-order valence-electron chi connectivity index (χ0n) is 19.0. The Morgan fingerprint density at radius 1 is 0.941 bits per heavy atom. The van der Waals surface area contributed by atoms with E-state index in [2.05, 4.69) is 26.1 Å². The molecule has 4 rings (SSSR count). The molecule has 3 aromatic rings. The van der Waals surface area contributed by atoms with Gasteiger partial charge in [-0.3, -0.25) is 19.8 Å². The standard InChI is InChI=1S/C27H23ClN2O3S/c1-27(2,3)18-7-13-21(14-8-18)33-22-6-4-5-17(15-22)16-23-24(31)29-26(34)30(25(23)32)20-11-9-19(28)10-12-20/h4-16H,1-3H3,(H,29,31,34). The lowest BCUT2D eigenvalue weighted by molar-refractivity contribution is -0.122. The van der Waals surface area contributed by atoms with Gasteiger partial charge in [0.25, 0.3) is 11.8 Å². The molecule has 1 N–H and O–H groups in total. The molecule has 1 fully saturated rings. The van der Waals surface area contributed by atoms with E-state index < -0.39 is 11.8 Å². The van der Waals surface area contributed by atoms with E-state index in [1.54, 1.807) is 42.5 Å². The van der Waals surface area contributed by atoms with Crippen molar-refractivity contribution in [3.63, 3.8) is 0 Å². The smallest absolute Gasteiger partial charge is 0.270 e. The monoisotopic (exact) mass is 490 g/mol. The number of hydrogen-bond acceptors (Lipinski definition) is 4. The average Bonchev–Trinajstić information content (AvgIpc) is 2.78. The largest absolute Gasteiger partial charge is 0.457 e. The fraction of sp³-hybridized carbons (Fsp3) is 0.148. The predicted molar refractivity (Wildman–Crippen MR) is 139 cm³/mol. The lowest BCUT2D eigenvalue weighted by Crippen LogP contribution is -2.54. The van der Waals surface area contributed by atoms with Crippen LogP contribution in [0.1, 0.15) is 31.9 Å². The highest BCUT2D eigenvalue weighted by Crippen LogP contribution is 2.28. The molecule has 5 nitrogen and oxygen atoms in total. The van der Waals surface area contributed by atoms with E-state index in [4.69, 9.17) is 28.6 Å². The molecule has 0 radical (unpaired) electrons. The molecule has 0 aromatic heterocycles. The maximum absolute atomic E-state index is 13.2. The van der Waals surface area contributed by atoms with E-state index in [1.165, 1.54) is 16.5 Å². The number of ether oxygens (including phenoxy) is 1. The summed E-state index contributed by atoms with van der Waals surface area (Å²) in [6.45, 7) is 6.47. The number of hydrogen-bond donors (Lipinski definition) is 1. The van der Waals surface area contributed by atoms with Gasteiger partial charge in [0.05, 0.1) is 5.69 Å². The number of nitrogens with one attached hydrogen (secondary N) is 1. The molecule has 3 aromatic carbocycles. The number of halogens is 1. The fourth-order valence-corrected chi connectivity index (χ4v) is 3.88. The van der Waals surface area contributed by atoms with Crippen LogP contribution in [0.3, 0.4) is 0 Å². The first kappa shape index (κ1) is 23.7. The van der Waals surface area contributed by atoms with Crippen LogP contribution < -0.4 is 15.0 Å². The molecule has 1 saturated heterocycles. The van der Waals surface area contributed by atoms with Gasteiger partial charge in [-0.25, -0.2) is 0 Å². The highest BCUT2D eigenvalue weighted by molar-refractivity contribution is 7.80. The highest BCUT2D eigenvalue weighted by atomic mass is 35.5. The summed E-state index contributed by atoms with van der Waals surface area (Å²) >= 11 is 11.2. The number of thiocarbonyl (C=S) groups is 1. The van der Waals surface area contributed by atoms with Crippen molar-refractivity contribution in [3.05, 3.63) is 94.5 Å². The number of nitrogens with zero attached hydrogens (tertiary/aromatic N) is 1. The van der Waals surface area contributed by atoms with Gasteiger partial charge < -0.3 is 4.74 Å². The lowest BCUT2D eigenvalue weighted by Gasteiger charge is -2.29. The molecular weight excluding hydrogens is 468 g/mol. The Labute approximate surface area is 209 Å². The average molecular weight is 491 g/mol. The molecule has 1 aliphatic heterocycles. The van der Waals surface area contributed by atoms with Crippen molar-refractivity contribution >= 4 is 52.5 Å². The van der Waals surface area contributed by atoms with Gasteiger partial charge in [-0.1, -0.05) is 56.6 Å². The molecule has 34 heavy (non-hydrogen) atoms. The van der Waals surface area contributed by atoms with Gasteiger partial charge in [-0.05, 0) is 83.4 Å². The van der Waals surface area contributed by atoms with Crippen LogP contribution in [0.15, 0.2) is 78.4 Å². The topological polar surface area (TPSA) is 58.6 Å². The van der Waals surface area contributed by atoms with E-state index >= 15 is 0 Å². The Morgan fingerprint density at radius 2 is 1.62 bits per heavy atom. The molecule has 0 bridgehead atoms. The second kappa shape index (κ2) is 9.41. The van der Waals surface area contributed by atoms with Crippen molar-refractivity contribution in [1.29, 1.82) is 0 Å². The van der Waals surface area contributed by atoms with Gasteiger partial charge in [-0.2, -0.15) is 0 Å². The van der Waals surface area contributed by atoms with Crippen molar-refractivity contribution in [2.75, 3.05) is 4.90 Å². The minimum Gasteiger partial charge on any atom is -0.457 e. The van der Waals surface area contributed by atoms with E-state index in [9.17, 15) is 9.59 Å². The van der Waals surface area contributed by atoms with Crippen LogP contribution in [0.25, 0.3) is 6.08 Å². The van der Waals surface area contributed by atoms with Gasteiger partial charge >= 0.3 is 0 Å². The predicted octanol–water partition coefficient (Wildman–Crippen LogP) is 6.26. The Kier molecular flexibility index (Phi) is 6.55. The lowest BCUT2D eigenvalue weighted by atomic mass is 9.87. The van der Waals surface area contributed by atoms with Gasteiger partial charge in [0.1, 0.15) is 17.1 Å². The normalized spacial score (nSPS) is 15.5. The molecule has 172 valence electrons.